The summed E-state index contributed by atoms with van der Waals surface area (Å²) in [6.45, 7) is 6.51. The summed E-state index contributed by atoms with van der Waals surface area (Å²) in [4.78, 5) is 37.2. The van der Waals surface area contributed by atoms with Crippen molar-refractivity contribution in [3.8, 4) is 0 Å². The van der Waals surface area contributed by atoms with Crippen LogP contribution in [0.25, 0.3) is 0 Å². The first kappa shape index (κ1) is 19.1. The molecule has 0 aliphatic rings. The molecule has 0 unspecified atom stereocenters. The normalized spacial score (nSPS) is 11.7. The molecule has 1 N–H and O–H groups in total. The molecule has 1 heterocycles. The molecule has 0 fully saturated rings. The summed E-state index contributed by atoms with van der Waals surface area (Å²) in [7, 11) is 0. The van der Waals surface area contributed by atoms with Gasteiger partial charge in [0.25, 0.3) is 0 Å². The fraction of sp³-hybridized carbons (Fsp3) is 0.278. The van der Waals surface area contributed by atoms with Crippen molar-refractivity contribution in [3.63, 3.8) is 0 Å². The van der Waals surface area contributed by atoms with Gasteiger partial charge >= 0.3 is 5.97 Å². The third kappa shape index (κ3) is 4.46. The highest BCUT2D eigenvalue weighted by molar-refractivity contribution is 7.16. The van der Waals surface area contributed by atoms with E-state index in [-0.39, 0.29) is 17.3 Å². The molecule has 2 rings (SSSR count). The van der Waals surface area contributed by atoms with Crippen molar-refractivity contribution in [2.24, 2.45) is 0 Å². The molecular weight excluding hydrogens is 362 g/mol. The Bertz CT molecular complexity index is 826. The number of ketones is 1. The number of hydrogen-bond donors (Lipinski definition) is 1. The molecule has 1 atom stereocenters. The Balaban J connectivity index is 2.20. The maximum absolute atomic E-state index is 12.5. The van der Waals surface area contributed by atoms with Gasteiger partial charge in [0.05, 0.1) is 5.56 Å². The van der Waals surface area contributed by atoms with Crippen LogP contribution >= 0.6 is 22.9 Å². The SMILES string of the molecule is CC(=O)Nc1sc(C)c(C)c1C(=O)O[C@@H](C)C(=O)c1ccc(Cl)cc1. The number of rotatable bonds is 5. The number of ether oxygens (including phenoxy) is 1. The minimum absolute atomic E-state index is 0.277. The van der Waals surface area contributed by atoms with Gasteiger partial charge in [-0.1, -0.05) is 11.6 Å². The van der Waals surface area contributed by atoms with Crippen LogP contribution in [0.4, 0.5) is 5.00 Å². The maximum atomic E-state index is 12.5. The van der Waals surface area contributed by atoms with Gasteiger partial charge in [-0.15, -0.1) is 11.3 Å². The van der Waals surface area contributed by atoms with Crippen LogP contribution in [0.15, 0.2) is 24.3 Å². The van der Waals surface area contributed by atoms with Gasteiger partial charge in [0.1, 0.15) is 5.00 Å². The predicted octanol–water partition coefficient (Wildman–Crippen LogP) is 4.40. The second-order valence-corrected chi connectivity index (χ2v) is 7.25. The van der Waals surface area contributed by atoms with Crippen molar-refractivity contribution >= 4 is 45.6 Å². The van der Waals surface area contributed by atoms with Crippen molar-refractivity contribution < 1.29 is 19.1 Å². The Labute approximate surface area is 154 Å². The molecule has 132 valence electrons. The van der Waals surface area contributed by atoms with Gasteiger partial charge in [0.2, 0.25) is 11.7 Å². The Morgan fingerprint density at radius 1 is 1.16 bits per heavy atom. The fourth-order valence-corrected chi connectivity index (χ4v) is 3.46. The van der Waals surface area contributed by atoms with E-state index >= 15 is 0 Å². The summed E-state index contributed by atoms with van der Waals surface area (Å²) in [5.74, 6) is -1.24. The van der Waals surface area contributed by atoms with Crippen LogP contribution in [0, 0.1) is 13.8 Å². The van der Waals surface area contributed by atoms with Gasteiger partial charge in [-0.25, -0.2) is 4.79 Å². The molecule has 25 heavy (non-hydrogen) atoms. The molecule has 5 nitrogen and oxygen atoms in total. The van der Waals surface area contributed by atoms with Gasteiger partial charge in [0.15, 0.2) is 6.10 Å². The van der Waals surface area contributed by atoms with E-state index in [1.165, 1.54) is 25.2 Å². The first-order chi connectivity index (χ1) is 11.7. The van der Waals surface area contributed by atoms with E-state index in [1.54, 1.807) is 31.2 Å². The van der Waals surface area contributed by atoms with Gasteiger partial charge in [-0.2, -0.15) is 0 Å². The lowest BCUT2D eigenvalue weighted by molar-refractivity contribution is -0.114. The Morgan fingerprint density at radius 3 is 2.32 bits per heavy atom. The average Bonchev–Trinajstić information content (AvgIpc) is 2.80. The molecule has 0 saturated carbocycles. The first-order valence-electron chi connectivity index (χ1n) is 7.59. The van der Waals surface area contributed by atoms with Crippen LogP contribution < -0.4 is 5.32 Å². The molecular formula is C18H18ClNO4S. The Hall–Kier alpha value is -2.18. The zero-order valence-electron chi connectivity index (χ0n) is 14.3. The summed E-state index contributed by atoms with van der Waals surface area (Å²) in [6, 6.07) is 6.37. The standard InChI is InChI=1S/C18H18ClNO4S/c1-9-11(3)25-17(20-12(4)21)15(9)18(23)24-10(2)16(22)13-5-7-14(19)8-6-13/h5-8,10H,1-4H3,(H,20,21)/t10-/m0/s1. The topological polar surface area (TPSA) is 72.5 Å². The molecule has 0 aliphatic carbocycles. The molecule has 1 aromatic carbocycles. The van der Waals surface area contributed by atoms with Gasteiger partial charge in [-0.3, -0.25) is 9.59 Å². The van der Waals surface area contributed by atoms with E-state index in [9.17, 15) is 14.4 Å². The van der Waals surface area contributed by atoms with E-state index in [0.29, 0.717) is 15.6 Å². The number of benzene rings is 1. The van der Waals surface area contributed by atoms with E-state index in [1.807, 2.05) is 6.92 Å². The second kappa shape index (κ2) is 7.80. The number of aryl methyl sites for hydroxylation is 1. The lowest BCUT2D eigenvalue weighted by atomic mass is 10.1. The quantitative estimate of drug-likeness (QED) is 0.617. The molecule has 2 aromatic rings. The van der Waals surface area contributed by atoms with Crippen molar-refractivity contribution in [1.29, 1.82) is 0 Å². The zero-order valence-corrected chi connectivity index (χ0v) is 15.9. The second-order valence-electron chi connectivity index (χ2n) is 5.59. The van der Waals surface area contributed by atoms with E-state index < -0.39 is 12.1 Å². The van der Waals surface area contributed by atoms with E-state index in [4.69, 9.17) is 16.3 Å². The number of hydrogen-bond acceptors (Lipinski definition) is 5. The minimum Gasteiger partial charge on any atom is -0.451 e. The Kier molecular flexibility index (Phi) is 5.98. The zero-order chi connectivity index (χ0) is 18.7. The predicted molar refractivity (Wildman–Crippen MR) is 98.8 cm³/mol. The largest absolute Gasteiger partial charge is 0.451 e. The number of nitrogens with one attached hydrogen (secondary N) is 1. The molecule has 0 bridgehead atoms. The third-order valence-electron chi connectivity index (χ3n) is 3.66. The van der Waals surface area contributed by atoms with E-state index in [2.05, 4.69) is 5.32 Å². The molecule has 0 aliphatic heterocycles. The lowest BCUT2D eigenvalue weighted by Gasteiger charge is -2.13. The van der Waals surface area contributed by atoms with Crippen molar-refractivity contribution in [2.45, 2.75) is 33.8 Å². The number of carbonyl (C=O) groups excluding carboxylic acids is 3. The highest BCUT2D eigenvalue weighted by atomic mass is 35.5. The third-order valence-corrected chi connectivity index (χ3v) is 5.04. The molecule has 7 heteroatoms. The van der Waals surface area contributed by atoms with Crippen molar-refractivity contribution in [3.05, 3.63) is 50.9 Å². The smallest absolute Gasteiger partial charge is 0.342 e. The summed E-state index contributed by atoms with van der Waals surface area (Å²) < 4.78 is 5.33. The highest BCUT2D eigenvalue weighted by Gasteiger charge is 2.26. The van der Waals surface area contributed by atoms with Gasteiger partial charge in [0, 0.05) is 22.4 Å². The first-order valence-corrected chi connectivity index (χ1v) is 8.78. The lowest BCUT2D eigenvalue weighted by Crippen LogP contribution is -2.25. The maximum Gasteiger partial charge on any atom is 0.342 e. The molecule has 0 spiro atoms. The van der Waals surface area contributed by atoms with Crippen LogP contribution in [0.5, 0.6) is 0 Å². The number of halogens is 1. The summed E-state index contributed by atoms with van der Waals surface area (Å²) in [5.41, 5.74) is 1.42. The van der Waals surface area contributed by atoms with Crippen LogP contribution in [0.3, 0.4) is 0 Å². The number of anilines is 1. The molecule has 0 radical (unpaired) electrons. The molecule has 0 saturated heterocycles. The average molecular weight is 380 g/mol. The van der Waals surface area contributed by atoms with Crippen LogP contribution in [-0.2, 0) is 9.53 Å². The van der Waals surface area contributed by atoms with Gasteiger partial charge in [-0.05, 0) is 50.6 Å². The monoisotopic (exact) mass is 379 g/mol. The highest BCUT2D eigenvalue weighted by Crippen LogP contribution is 2.33. The van der Waals surface area contributed by atoms with Crippen molar-refractivity contribution in [1.82, 2.24) is 0 Å². The number of esters is 1. The minimum atomic E-state index is -0.960. The Morgan fingerprint density at radius 2 is 1.76 bits per heavy atom. The summed E-state index contributed by atoms with van der Waals surface area (Å²) in [5, 5.41) is 3.58. The number of thiophene rings is 1. The number of Topliss-reactive ketones (excluding diaryl/α,β-unsaturated/α-hetero) is 1. The van der Waals surface area contributed by atoms with Crippen LogP contribution in [0.2, 0.25) is 5.02 Å². The van der Waals surface area contributed by atoms with E-state index in [0.717, 1.165) is 10.4 Å². The summed E-state index contributed by atoms with van der Waals surface area (Å²) >= 11 is 7.11. The molecule has 1 aromatic heterocycles. The van der Waals surface area contributed by atoms with Gasteiger partial charge < -0.3 is 10.1 Å². The molecule has 1 amide bonds. The summed E-state index contributed by atoms with van der Waals surface area (Å²) in [6.07, 6.45) is -0.960. The van der Waals surface area contributed by atoms with Crippen molar-refractivity contribution in [2.75, 3.05) is 5.32 Å². The number of amides is 1. The van der Waals surface area contributed by atoms with Crippen LogP contribution in [-0.4, -0.2) is 23.8 Å². The fourth-order valence-electron chi connectivity index (χ4n) is 2.24. The van der Waals surface area contributed by atoms with Crippen LogP contribution in [0.1, 0.15) is 45.0 Å². The number of carbonyl (C=O) groups is 3.